The average molecular weight is 218 g/mol. The van der Waals surface area contributed by atoms with E-state index in [4.69, 9.17) is 16.3 Å². The number of hydrogen-bond acceptors (Lipinski definition) is 2. The molecular weight excluding hydrogens is 198 g/mol. The summed E-state index contributed by atoms with van der Waals surface area (Å²) in [6, 6.07) is 0.819. The first kappa shape index (κ1) is 10.7. The Labute approximate surface area is 91.6 Å². The van der Waals surface area contributed by atoms with Crippen LogP contribution < -0.4 is 0 Å². The molecule has 1 unspecified atom stereocenters. The lowest BCUT2D eigenvalue weighted by Crippen LogP contribution is -2.38. The molecule has 14 heavy (non-hydrogen) atoms. The van der Waals surface area contributed by atoms with Crippen molar-refractivity contribution in [1.29, 1.82) is 0 Å². The standard InChI is InChI=1S/C11H20ClNO/c12-6-7-13(10-4-5-10)9-11-3-1-2-8-14-11/h10-11H,1-9H2. The van der Waals surface area contributed by atoms with Gasteiger partial charge in [0.15, 0.2) is 0 Å². The van der Waals surface area contributed by atoms with Crippen LogP contribution in [0.3, 0.4) is 0 Å². The molecule has 0 aromatic carbocycles. The van der Waals surface area contributed by atoms with Crippen LogP contribution in [-0.2, 0) is 4.74 Å². The van der Waals surface area contributed by atoms with Gasteiger partial charge in [-0.15, -0.1) is 11.6 Å². The summed E-state index contributed by atoms with van der Waals surface area (Å²) in [7, 11) is 0. The van der Waals surface area contributed by atoms with Gasteiger partial charge in [-0.1, -0.05) is 0 Å². The van der Waals surface area contributed by atoms with E-state index in [2.05, 4.69) is 4.90 Å². The Balaban J connectivity index is 1.73. The van der Waals surface area contributed by atoms with E-state index in [-0.39, 0.29) is 0 Å². The van der Waals surface area contributed by atoms with E-state index < -0.39 is 0 Å². The van der Waals surface area contributed by atoms with Crippen molar-refractivity contribution in [2.75, 3.05) is 25.6 Å². The third-order valence-corrected chi connectivity index (χ3v) is 3.32. The van der Waals surface area contributed by atoms with Gasteiger partial charge in [0.25, 0.3) is 0 Å². The molecule has 1 saturated carbocycles. The Kier molecular flexibility index (Phi) is 4.09. The summed E-state index contributed by atoms with van der Waals surface area (Å²) in [6.07, 6.45) is 7.03. The zero-order valence-electron chi connectivity index (χ0n) is 8.75. The van der Waals surface area contributed by atoms with Gasteiger partial charge >= 0.3 is 0 Å². The molecule has 0 spiro atoms. The number of ether oxygens (including phenoxy) is 1. The van der Waals surface area contributed by atoms with E-state index in [0.29, 0.717) is 6.10 Å². The Hall–Kier alpha value is 0.210. The molecule has 0 radical (unpaired) electrons. The lowest BCUT2D eigenvalue weighted by molar-refractivity contribution is -0.00616. The average Bonchev–Trinajstić information content (AvgIpc) is 3.02. The van der Waals surface area contributed by atoms with Crippen molar-refractivity contribution < 1.29 is 4.74 Å². The van der Waals surface area contributed by atoms with Gasteiger partial charge in [0.1, 0.15) is 0 Å². The maximum absolute atomic E-state index is 5.80. The monoisotopic (exact) mass is 217 g/mol. The van der Waals surface area contributed by atoms with Crippen LogP contribution in [0.25, 0.3) is 0 Å². The fraction of sp³-hybridized carbons (Fsp3) is 1.00. The molecule has 0 amide bonds. The van der Waals surface area contributed by atoms with Crippen LogP contribution in [0, 0.1) is 0 Å². The quantitative estimate of drug-likeness (QED) is 0.656. The lowest BCUT2D eigenvalue weighted by atomic mass is 10.1. The minimum absolute atomic E-state index is 0.479. The van der Waals surface area contributed by atoms with Crippen molar-refractivity contribution in [3.8, 4) is 0 Å². The molecule has 1 heterocycles. The zero-order chi connectivity index (χ0) is 9.80. The summed E-state index contributed by atoms with van der Waals surface area (Å²) in [4.78, 5) is 2.52. The van der Waals surface area contributed by atoms with E-state index in [1.54, 1.807) is 0 Å². The summed E-state index contributed by atoms with van der Waals surface area (Å²) in [5.74, 6) is 0.753. The third-order valence-electron chi connectivity index (χ3n) is 3.15. The van der Waals surface area contributed by atoms with Crippen molar-refractivity contribution in [1.82, 2.24) is 4.90 Å². The molecular formula is C11H20ClNO. The Bertz CT molecular complexity index is 167. The first-order valence-electron chi connectivity index (χ1n) is 5.82. The van der Waals surface area contributed by atoms with Crippen molar-refractivity contribution in [3.05, 3.63) is 0 Å². The third kappa shape index (κ3) is 3.11. The minimum Gasteiger partial charge on any atom is -0.377 e. The van der Waals surface area contributed by atoms with Gasteiger partial charge in [-0.2, -0.15) is 0 Å². The summed E-state index contributed by atoms with van der Waals surface area (Å²) in [5, 5.41) is 0. The van der Waals surface area contributed by atoms with Crippen molar-refractivity contribution in [3.63, 3.8) is 0 Å². The Morgan fingerprint density at radius 1 is 1.21 bits per heavy atom. The van der Waals surface area contributed by atoms with Gasteiger partial charge in [0, 0.05) is 31.6 Å². The molecule has 2 nitrogen and oxygen atoms in total. The SMILES string of the molecule is ClCCN(CC1CCCCO1)C1CC1. The topological polar surface area (TPSA) is 12.5 Å². The van der Waals surface area contributed by atoms with E-state index in [1.807, 2.05) is 0 Å². The number of rotatable bonds is 5. The van der Waals surface area contributed by atoms with Gasteiger partial charge in [-0.05, 0) is 32.1 Å². The number of hydrogen-bond donors (Lipinski definition) is 0. The summed E-state index contributed by atoms with van der Waals surface area (Å²) < 4.78 is 5.75. The predicted molar refractivity (Wildman–Crippen MR) is 58.9 cm³/mol. The molecule has 1 aliphatic carbocycles. The second-order valence-electron chi connectivity index (χ2n) is 4.40. The molecule has 2 rings (SSSR count). The van der Waals surface area contributed by atoms with Crippen LogP contribution in [0.1, 0.15) is 32.1 Å². The smallest absolute Gasteiger partial charge is 0.0702 e. The normalized spacial score (nSPS) is 28.3. The molecule has 2 fully saturated rings. The zero-order valence-corrected chi connectivity index (χ0v) is 9.51. The van der Waals surface area contributed by atoms with Gasteiger partial charge in [-0.3, -0.25) is 4.90 Å². The molecule has 0 aromatic heterocycles. The maximum atomic E-state index is 5.80. The summed E-state index contributed by atoms with van der Waals surface area (Å²) in [6.45, 7) is 3.10. The predicted octanol–water partition coefficient (Wildman–Crippen LogP) is 2.26. The molecule has 1 saturated heterocycles. The van der Waals surface area contributed by atoms with Crippen LogP contribution in [0.2, 0.25) is 0 Å². The van der Waals surface area contributed by atoms with Crippen LogP contribution in [0.15, 0.2) is 0 Å². The molecule has 3 heteroatoms. The highest BCUT2D eigenvalue weighted by Gasteiger charge is 2.30. The van der Waals surface area contributed by atoms with Crippen LogP contribution in [0.4, 0.5) is 0 Å². The van der Waals surface area contributed by atoms with Crippen LogP contribution >= 0.6 is 11.6 Å². The first-order chi connectivity index (χ1) is 6.90. The molecule has 0 bridgehead atoms. The number of nitrogens with zero attached hydrogens (tertiary/aromatic N) is 1. The number of alkyl halides is 1. The van der Waals surface area contributed by atoms with Crippen molar-refractivity contribution in [2.45, 2.75) is 44.2 Å². The minimum atomic E-state index is 0.479. The second-order valence-corrected chi connectivity index (χ2v) is 4.78. The van der Waals surface area contributed by atoms with Gasteiger partial charge in [0.2, 0.25) is 0 Å². The van der Waals surface area contributed by atoms with Crippen molar-refractivity contribution >= 4 is 11.6 Å². The van der Waals surface area contributed by atoms with Crippen molar-refractivity contribution in [2.24, 2.45) is 0 Å². The van der Waals surface area contributed by atoms with Gasteiger partial charge in [-0.25, -0.2) is 0 Å². The highest BCUT2D eigenvalue weighted by molar-refractivity contribution is 6.18. The van der Waals surface area contributed by atoms with Gasteiger partial charge in [0.05, 0.1) is 6.10 Å². The van der Waals surface area contributed by atoms with E-state index in [1.165, 1.54) is 32.1 Å². The molecule has 1 aliphatic heterocycles. The molecule has 82 valence electrons. The van der Waals surface area contributed by atoms with E-state index in [0.717, 1.165) is 31.6 Å². The molecule has 1 atom stereocenters. The highest BCUT2D eigenvalue weighted by Crippen LogP contribution is 2.28. The highest BCUT2D eigenvalue weighted by atomic mass is 35.5. The van der Waals surface area contributed by atoms with E-state index in [9.17, 15) is 0 Å². The number of halogens is 1. The maximum Gasteiger partial charge on any atom is 0.0702 e. The van der Waals surface area contributed by atoms with Gasteiger partial charge < -0.3 is 4.74 Å². The fourth-order valence-corrected chi connectivity index (χ4v) is 2.40. The molecule has 2 aliphatic rings. The molecule has 0 aromatic rings. The lowest BCUT2D eigenvalue weighted by Gasteiger charge is -2.29. The summed E-state index contributed by atoms with van der Waals surface area (Å²) >= 11 is 5.80. The first-order valence-corrected chi connectivity index (χ1v) is 6.35. The Morgan fingerprint density at radius 3 is 2.64 bits per heavy atom. The largest absolute Gasteiger partial charge is 0.377 e. The van der Waals surface area contributed by atoms with Crippen LogP contribution in [0.5, 0.6) is 0 Å². The summed E-state index contributed by atoms with van der Waals surface area (Å²) in [5.41, 5.74) is 0. The fourth-order valence-electron chi connectivity index (χ4n) is 2.18. The van der Waals surface area contributed by atoms with Crippen LogP contribution in [-0.4, -0.2) is 42.6 Å². The van der Waals surface area contributed by atoms with E-state index >= 15 is 0 Å². The second kappa shape index (κ2) is 5.34. The molecule has 0 N–H and O–H groups in total. The Morgan fingerprint density at radius 2 is 2.07 bits per heavy atom.